The Labute approximate surface area is 221 Å². The van der Waals surface area contributed by atoms with E-state index in [1.54, 1.807) is 23.1 Å². The van der Waals surface area contributed by atoms with Gasteiger partial charge in [-0.05, 0) is 107 Å². The minimum absolute atomic E-state index is 0.00309. The van der Waals surface area contributed by atoms with Gasteiger partial charge in [-0.1, -0.05) is 23.7 Å². The lowest BCUT2D eigenvalue weighted by atomic mass is 9.76. The van der Waals surface area contributed by atoms with Gasteiger partial charge >= 0.3 is 5.97 Å². The molecule has 7 heteroatoms. The molecular formula is C30H30ClNO5. The van der Waals surface area contributed by atoms with E-state index < -0.39 is 11.4 Å². The number of benzene rings is 3. The molecule has 2 heterocycles. The van der Waals surface area contributed by atoms with E-state index in [9.17, 15) is 14.7 Å². The van der Waals surface area contributed by atoms with Gasteiger partial charge in [0.2, 0.25) is 5.91 Å². The molecule has 0 unspecified atom stereocenters. The smallest absolute Gasteiger partial charge is 0.339 e. The molecule has 0 fully saturated rings. The zero-order chi connectivity index (χ0) is 26.7. The van der Waals surface area contributed by atoms with Crippen molar-refractivity contribution >= 4 is 34.9 Å². The van der Waals surface area contributed by atoms with Crippen molar-refractivity contribution in [1.82, 2.24) is 0 Å². The van der Waals surface area contributed by atoms with Crippen LogP contribution in [-0.2, 0) is 16.6 Å². The Kier molecular flexibility index (Phi) is 5.99. The van der Waals surface area contributed by atoms with E-state index >= 15 is 0 Å². The molecular weight excluding hydrogens is 490 g/mol. The number of ether oxygens (including phenoxy) is 2. The first kappa shape index (κ1) is 25.2. The van der Waals surface area contributed by atoms with Crippen LogP contribution in [0.2, 0.25) is 5.02 Å². The van der Waals surface area contributed by atoms with Crippen molar-refractivity contribution < 1.29 is 24.2 Å². The molecule has 1 N–H and O–H groups in total. The number of aryl methyl sites for hydroxylation is 1. The summed E-state index contributed by atoms with van der Waals surface area (Å²) in [6, 6.07) is 16.1. The van der Waals surface area contributed by atoms with Crippen LogP contribution >= 0.6 is 11.6 Å². The highest BCUT2D eigenvalue weighted by molar-refractivity contribution is 6.31. The summed E-state index contributed by atoms with van der Waals surface area (Å²) in [6.07, 6.45) is 1.54. The number of hydrogen-bond donors (Lipinski definition) is 1. The fourth-order valence-electron chi connectivity index (χ4n) is 5.24. The number of carbonyl (C=O) groups excluding carboxylic acids is 1. The lowest BCUT2D eigenvalue weighted by molar-refractivity contribution is -0.120. The summed E-state index contributed by atoms with van der Waals surface area (Å²) in [7, 11) is 0. The summed E-state index contributed by atoms with van der Waals surface area (Å²) < 4.78 is 11.9. The molecule has 3 aromatic rings. The van der Waals surface area contributed by atoms with E-state index in [1.165, 1.54) is 6.07 Å². The van der Waals surface area contributed by atoms with Crippen molar-refractivity contribution in [3.63, 3.8) is 0 Å². The largest absolute Gasteiger partial charge is 0.490 e. The maximum Gasteiger partial charge on any atom is 0.339 e. The second-order valence-corrected chi connectivity index (χ2v) is 11.2. The molecule has 192 valence electrons. The quantitative estimate of drug-likeness (QED) is 0.396. The number of anilines is 2. The van der Waals surface area contributed by atoms with Crippen LogP contribution in [0.3, 0.4) is 0 Å². The molecule has 0 aliphatic carbocycles. The van der Waals surface area contributed by atoms with Crippen molar-refractivity contribution in [2.75, 3.05) is 4.90 Å². The summed E-state index contributed by atoms with van der Waals surface area (Å²) in [5.74, 6) is -0.213. The third kappa shape index (κ3) is 4.23. The van der Waals surface area contributed by atoms with Gasteiger partial charge in [-0.25, -0.2) is 4.79 Å². The van der Waals surface area contributed by atoms with Crippen LogP contribution in [0, 0.1) is 0 Å². The highest BCUT2D eigenvalue weighted by atomic mass is 35.5. The number of hydrogen-bond acceptors (Lipinski definition) is 4. The number of rotatable bonds is 5. The van der Waals surface area contributed by atoms with Crippen LogP contribution in [-0.4, -0.2) is 28.7 Å². The predicted octanol–water partition coefficient (Wildman–Crippen LogP) is 6.91. The van der Waals surface area contributed by atoms with Crippen LogP contribution in [0.1, 0.15) is 68.1 Å². The Morgan fingerprint density at radius 2 is 1.84 bits per heavy atom. The number of carboxylic acid groups (broad SMARTS) is 1. The third-order valence-corrected chi connectivity index (χ3v) is 7.44. The maximum atomic E-state index is 14.3. The molecule has 2 aliphatic heterocycles. The molecule has 0 radical (unpaired) electrons. The maximum absolute atomic E-state index is 14.3. The molecule has 0 bridgehead atoms. The number of amides is 1. The van der Waals surface area contributed by atoms with Gasteiger partial charge in [-0.15, -0.1) is 0 Å². The van der Waals surface area contributed by atoms with E-state index in [1.807, 2.05) is 45.0 Å². The van der Waals surface area contributed by atoms with Crippen molar-refractivity contribution in [3.8, 4) is 11.5 Å². The zero-order valence-electron chi connectivity index (χ0n) is 21.6. The average Bonchev–Trinajstić information content (AvgIpc) is 3.05. The van der Waals surface area contributed by atoms with Crippen molar-refractivity contribution in [3.05, 3.63) is 81.9 Å². The van der Waals surface area contributed by atoms with Crippen LogP contribution in [0.4, 0.5) is 11.4 Å². The fourth-order valence-corrected chi connectivity index (χ4v) is 5.41. The first-order valence-corrected chi connectivity index (χ1v) is 12.8. The van der Waals surface area contributed by atoms with Gasteiger partial charge in [0.1, 0.15) is 22.7 Å². The topological polar surface area (TPSA) is 76.1 Å². The number of carboxylic acids is 1. The SMILES string of the molecule is CC(C)Oc1ccc(N2C(=O)[C@@](C)(c3ccc4c(c3)CCC(C)(C)O4)c3cc(Cl)ccc32)cc1C(=O)O. The molecule has 6 nitrogen and oxygen atoms in total. The highest BCUT2D eigenvalue weighted by Crippen LogP contribution is 2.51. The van der Waals surface area contributed by atoms with Crippen LogP contribution < -0.4 is 14.4 Å². The molecule has 5 rings (SSSR count). The standard InChI is InChI=1S/C30H30ClNO5/c1-17(2)36-26-11-8-21(16-22(26)27(33)34)32-24-9-7-20(31)15-23(24)30(5,28(32)35)19-6-10-25-18(14-19)12-13-29(3,4)37-25/h6-11,14-17H,12-13H2,1-5H3,(H,33,34)/t30-/m0/s1. The van der Waals surface area contributed by atoms with Gasteiger partial charge in [0.25, 0.3) is 0 Å². The second kappa shape index (κ2) is 8.80. The molecule has 3 aromatic carbocycles. The molecule has 0 saturated carbocycles. The Balaban J connectivity index is 1.64. The highest BCUT2D eigenvalue weighted by Gasteiger charge is 2.50. The van der Waals surface area contributed by atoms with Crippen molar-refractivity contribution in [2.45, 2.75) is 64.6 Å². The van der Waals surface area contributed by atoms with Crippen LogP contribution in [0.5, 0.6) is 11.5 Å². The minimum atomic E-state index is -1.12. The zero-order valence-corrected chi connectivity index (χ0v) is 22.3. The van der Waals surface area contributed by atoms with Crippen molar-refractivity contribution in [1.29, 1.82) is 0 Å². The summed E-state index contributed by atoms with van der Waals surface area (Å²) in [4.78, 5) is 27.9. The van der Waals surface area contributed by atoms with Crippen molar-refractivity contribution in [2.24, 2.45) is 0 Å². The average molecular weight is 520 g/mol. The molecule has 1 atom stereocenters. The number of aromatic carboxylic acids is 1. The molecule has 0 spiro atoms. The molecule has 1 amide bonds. The Morgan fingerprint density at radius 1 is 1.08 bits per heavy atom. The Bertz CT molecular complexity index is 1430. The molecule has 0 aromatic heterocycles. The van der Waals surface area contributed by atoms with E-state index in [0.717, 1.165) is 35.3 Å². The molecule has 2 aliphatic rings. The first-order chi connectivity index (χ1) is 17.4. The van der Waals surface area contributed by atoms with Crippen LogP contribution in [0.15, 0.2) is 54.6 Å². The fraction of sp³-hybridized carbons (Fsp3) is 0.333. The Hall–Kier alpha value is -3.51. The van der Waals surface area contributed by atoms with Gasteiger partial charge in [-0.2, -0.15) is 0 Å². The Morgan fingerprint density at radius 3 is 2.54 bits per heavy atom. The second-order valence-electron chi connectivity index (χ2n) is 10.8. The van der Waals surface area contributed by atoms with Gasteiger partial charge in [0.15, 0.2) is 0 Å². The number of nitrogens with zero attached hydrogens (tertiary/aromatic N) is 1. The minimum Gasteiger partial charge on any atom is -0.490 e. The third-order valence-electron chi connectivity index (χ3n) is 7.20. The molecule has 0 saturated heterocycles. The van der Waals surface area contributed by atoms with E-state index in [-0.39, 0.29) is 28.9 Å². The van der Waals surface area contributed by atoms with Gasteiger partial charge in [-0.3, -0.25) is 9.69 Å². The van der Waals surface area contributed by atoms with Gasteiger partial charge < -0.3 is 14.6 Å². The number of carbonyl (C=O) groups is 2. The number of fused-ring (bicyclic) bond motifs is 2. The monoisotopic (exact) mass is 519 g/mol. The first-order valence-electron chi connectivity index (χ1n) is 12.4. The summed E-state index contributed by atoms with van der Waals surface area (Å²) >= 11 is 6.42. The van der Waals surface area contributed by atoms with Gasteiger partial charge in [0.05, 0.1) is 22.9 Å². The lowest BCUT2D eigenvalue weighted by Crippen LogP contribution is -2.37. The normalized spacial score (nSPS) is 19.9. The summed E-state index contributed by atoms with van der Waals surface area (Å²) in [5, 5.41) is 10.4. The van der Waals surface area contributed by atoms with E-state index in [0.29, 0.717) is 16.4 Å². The lowest BCUT2D eigenvalue weighted by Gasteiger charge is -2.34. The van der Waals surface area contributed by atoms with Crippen LogP contribution in [0.25, 0.3) is 0 Å². The summed E-state index contributed by atoms with van der Waals surface area (Å²) in [5.41, 5.74) is 2.53. The summed E-state index contributed by atoms with van der Waals surface area (Å²) in [6.45, 7) is 9.71. The predicted molar refractivity (Wildman–Crippen MR) is 144 cm³/mol. The van der Waals surface area contributed by atoms with E-state index in [4.69, 9.17) is 21.1 Å². The number of halogens is 1. The van der Waals surface area contributed by atoms with Gasteiger partial charge in [0, 0.05) is 5.02 Å². The molecule has 37 heavy (non-hydrogen) atoms. The van der Waals surface area contributed by atoms with E-state index in [2.05, 4.69) is 19.9 Å².